The normalized spacial score (nSPS) is 24.1. The molecule has 1 aliphatic carbocycles. The van der Waals surface area contributed by atoms with Crippen molar-refractivity contribution < 1.29 is 4.74 Å². The van der Waals surface area contributed by atoms with Gasteiger partial charge in [0.05, 0.1) is 5.52 Å². The van der Waals surface area contributed by atoms with Gasteiger partial charge < -0.3 is 4.74 Å². The van der Waals surface area contributed by atoms with Gasteiger partial charge in [-0.2, -0.15) is 0 Å². The molecule has 1 fully saturated rings. The Balaban J connectivity index is 1.82. The zero-order valence-corrected chi connectivity index (χ0v) is 9.52. The quantitative estimate of drug-likeness (QED) is 0.742. The van der Waals surface area contributed by atoms with E-state index in [0.717, 1.165) is 29.5 Å². The Morgan fingerprint density at radius 3 is 2.94 bits per heavy atom. The van der Waals surface area contributed by atoms with Gasteiger partial charge in [0, 0.05) is 35.9 Å². The van der Waals surface area contributed by atoms with Crippen molar-refractivity contribution in [1.29, 1.82) is 0 Å². The van der Waals surface area contributed by atoms with Gasteiger partial charge in [-0.1, -0.05) is 6.07 Å². The molecule has 1 aromatic carbocycles. The topological polar surface area (TPSA) is 22.1 Å². The SMILES string of the molecule is ClC1CC(Oc2ccc3cccnc3c2)C1. The number of rotatable bonds is 2. The van der Waals surface area contributed by atoms with Crippen LogP contribution in [-0.4, -0.2) is 16.5 Å². The predicted octanol–water partition coefficient (Wildman–Crippen LogP) is 3.38. The minimum atomic E-state index is 0.281. The number of hydrogen-bond acceptors (Lipinski definition) is 2. The van der Waals surface area contributed by atoms with E-state index in [1.807, 2.05) is 30.3 Å². The van der Waals surface area contributed by atoms with E-state index >= 15 is 0 Å². The highest BCUT2D eigenvalue weighted by molar-refractivity contribution is 6.21. The molecule has 0 amide bonds. The molecule has 1 aliphatic rings. The van der Waals surface area contributed by atoms with Crippen LogP contribution < -0.4 is 4.74 Å². The fourth-order valence-electron chi connectivity index (χ4n) is 1.91. The first-order valence-corrected chi connectivity index (χ1v) is 5.90. The first-order valence-electron chi connectivity index (χ1n) is 5.47. The molecule has 0 aliphatic heterocycles. The van der Waals surface area contributed by atoms with Crippen molar-refractivity contribution in [2.45, 2.75) is 24.3 Å². The van der Waals surface area contributed by atoms with Crippen LogP contribution in [0.3, 0.4) is 0 Å². The highest BCUT2D eigenvalue weighted by Gasteiger charge is 2.28. The lowest BCUT2D eigenvalue weighted by molar-refractivity contribution is 0.124. The molecule has 1 aromatic heterocycles. The molecule has 3 rings (SSSR count). The van der Waals surface area contributed by atoms with Gasteiger partial charge in [-0.15, -0.1) is 11.6 Å². The maximum Gasteiger partial charge on any atom is 0.121 e. The lowest BCUT2D eigenvalue weighted by Crippen LogP contribution is -2.34. The first-order chi connectivity index (χ1) is 7.81. The minimum Gasteiger partial charge on any atom is -0.490 e. The molecule has 1 saturated carbocycles. The van der Waals surface area contributed by atoms with Gasteiger partial charge in [-0.3, -0.25) is 4.98 Å². The monoisotopic (exact) mass is 233 g/mol. The highest BCUT2D eigenvalue weighted by Crippen LogP contribution is 2.30. The highest BCUT2D eigenvalue weighted by atomic mass is 35.5. The number of fused-ring (bicyclic) bond motifs is 1. The molecular formula is C13H12ClNO. The number of halogens is 1. The van der Waals surface area contributed by atoms with Gasteiger partial charge in [-0.05, 0) is 18.2 Å². The van der Waals surface area contributed by atoms with Crippen molar-refractivity contribution in [1.82, 2.24) is 4.98 Å². The lowest BCUT2D eigenvalue weighted by Gasteiger charge is -2.31. The van der Waals surface area contributed by atoms with Crippen LogP contribution in [0, 0.1) is 0 Å². The summed E-state index contributed by atoms with van der Waals surface area (Å²) < 4.78 is 5.80. The summed E-state index contributed by atoms with van der Waals surface area (Å²) in [6, 6.07) is 9.99. The standard InChI is InChI=1S/C13H12ClNO/c14-10-6-12(7-10)16-11-4-3-9-2-1-5-15-13(9)8-11/h1-5,8,10,12H,6-7H2. The Morgan fingerprint density at radius 1 is 1.25 bits per heavy atom. The fraction of sp³-hybridized carbons (Fsp3) is 0.308. The Morgan fingerprint density at radius 2 is 2.12 bits per heavy atom. The number of aromatic nitrogens is 1. The minimum absolute atomic E-state index is 0.281. The number of pyridine rings is 1. The van der Waals surface area contributed by atoms with E-state index in [9.17, 15) is 0 Å². The summed E-state index contributed by atoms with van der Waals surface area (Å²) in [4.78, 5) is 4.30. The summed E-state index contributed by atoms with van der Waals surface area (Å²) in [6.45, 7) is 0. The first kappa shape index (κ1) is 9.91. The van der Waals surface area contributed by atoms with Crippen LogP contribution in [0.1, 0.15) is 12.8 Å². The Bertz CT molecular complexity index is 508. The van der Waals surface area contributed by atoms with Crippen LogP contribution in [0.5, 0.6) is 5.75 Å². The van der Waals surface area contributed by atoms with Gasteiger partial charge in [-0.25, -0.2) is 0 Å². The molecule has 2 aromatic rings. The van der Waals surface area contributed by atoms with Crippen LogP contribution in [0.15, 0.2) is 36.5 Å². The zero-order chi connectivity index (χ0) is 11.0. The molecule has 0 N–H and O–H groups in total. The summed E-state index contributed by atoms with van der Waals surface area (Å²) >= 11 is 5.91. The van der Waals surface area contributed by atoms with E-state index in [1.165, 1.54) is 0 Å². The molecule has 0 radical (unpaired) electrons. The molecule has 2 nitrogen and oxygen atoms in total. The van der Waals surface area contributed by atoms with Crippen molar-refractivity contribution in [2.75, 3.05) is 0 Å². The molecule has 82 valence electrons. The maximum atomic E-state index is 5.91. The van der Waals surface area contributed by atoms with Gasteiger partial charge in [0.1, 0.15) is 11.9 Å². The largest absolute Gasteiger partial charge is 0.490 e. The molecule has 0 bridgehead atoms. The summed E-state index contributed by atoms with van der Waals surface area (Å²) in [5.41, 5.74) is 0.974. The van der Waals surface area contributed by atoms with Gasteiger partial charge in [0.2, 0.25) is 0 Å². The molecular weight excluding hydrogens is 222 g/mol. The molecule has 0 unspecified atom stereocenters. The molecule has 1 heterocycles. The van der Waals surface area contributed by atoms with Gasteiger partial charge >= 0.3 is 0 Å². The smallest absolute Gasteiger partial charge is 0.121 e. The predicted molar refractivity (Wildman–Crippen MR) is 65.0 cm³/mol. The van der Waals surface area contributed by atoms with Gasteiger partial charge in [0.15, 0.2) is 0 Å². The average molecular weight is 234 g/mol. The number of nitrogens with zero attached hydrogens (tertiary/aromatic N) is 1. The van der Waals surface area contributed by atoms with Crippen LogP contribution >= 0.6 is 11.6 Å². The third kappa shape index (κ3) is 1.85. The van der Waals surface area contributed by atoms with Crippen LogP contribution in [0.2, 0.25) is 0 Å². The molecule has 16 heavy (non-hydrogen) atoms. The van der Waals surface area contributed by atoms with E-state index in [1.54, 1.807) is 6.20 Å². The Hall–Kier alpha value is -1.28. The Labute approximate surface area is 99.2 Å². The van der Waals surface area contributed by atoms with Crippen molar-refractivity contribution in [3.8, 4) is 5.75 Å². The van der Waals surface area contributed by atoms with Crippen molar-refractivity contribution >= 4 is 22.5 Å². The summed E-state index contributed by atoms with van der Waals surface area (Å²) in [7, 11) is 0. The van der Waals surface area contributed by atoms with Crippen molar-refractivity contribution in [3.05, 3.63) is 36.5 Å². The average Bonchev–Trinajstić information content (AvgIpc) is 2.27. The second-order valence-electron chi connectivity index (χ2n) is 4.17. The molecule has 0 saturated heterocycles. The number of benzene rings is 1. The maximum absolute atomic E-state index is 5.91. The summed E-state index contributed by atoms with van der Waals surface area (Å²) in [5.74, 6) is 0.889. The molecule has 3 heteroatoms. The number of ether oxygens (including phenoxy) is 1. The van der Waals surface area contributed by atoms with Crippen LogP contribution in [-0.2, 0) is 0 Å². The fourth-order valence-corrected chi connectivity index (χ4v) is 2.31. The number of hydrogen-bond donors (Lipinski definition) is 0. The molecule has 0 atom stereocenters. The third-order valence-corrected chi connectivity index (χ3v) is 3.27. The third-order valence-electron chi connectivity index (χ3n) is 2.92. The Kier molecular flexibility index (Phi) is 2.44. The van der Waals surface area contributed by atoms with Crippen molar-refractivity contribution in [2.24, 2.45) is 0 Å². The second-order valence-corrected chi connectivity index (χ2v) is 4.78. The van der Waals surface area contributed by atoms with E-state index in [4.69, 9.17) is 16.3 Å². The lowest BCUT2D eigenvalue weighted by atomic mass is 9.95. The van der Waals surface area contributed by atoms with Crippen LogP contribution in [0.4, 0.5) is 0 Å². The van der Waals surface area contributed by atoms with Crippen LogP contribution in [0.25, 0.3) is 10.9 Å². The molecule has 0 spiro atoms. The van der Waals surface area contributed by atoms with Crippen molar-refractivity contribution in [3.63, 3.8) is 0 Å². The summed E-state index contributed by atoms with van der Waals surface area (Å²) in [5, 5.41) is 1.43. The number of alkyl halides is 1. The van der Waals surface area contributed by atoms with E-state index in [0.29, 0.717) is 5.38 Å². The summed E-state index contributed by atoms with van der Waals surface area (Å²) in [6.07, 6.45) is 3.97. The van der Waals surface area contributed by atoms with Gasteiger partial charge in [0.25, 0.3) is 0 Å². The second kappa shape index (κ2) is 3.95. The zero-order valence-electron chi connectivity index (χ0n) is 8.77. The van der Waals surface area contributed by atoms with E-state index in [2.05, 4.69) is 4.98 Å². The van der Waals surface area contributed by atoms with E-state index in [-0.39, 0.29) is 6.10 Å². The van der Waals surface area contributed by atoms with E-state index < -0.39 is 0 Å².